The standard InChI is InChI=1S/C18H14FN5O2/c1-10-14-7-12(9-21-18(14)26-23-10)17(25)22-13-3-4-16(15(19)8-13)24-6-5-20-11(24)2/h3-9H,1-2H3,(H,22,25). The van der Waals surface area contributed by atoms with Gasteiger partial charge in [-0.25, -0.2) is 14.4 Å². The van der Waals surface area contributed by atoms with E-state index in [-0.39, 0.29) is 0 Å². The van der Waals surface area contributed by atoms with Crippen LogP contribution >= 0.6 is 0 Å². The van der Waals surface area contributed by atoms with Gasteiger partial charge in [0.25, 0.3) is 11.6 Å². The molecule has 26 heavy (non-hydrogen) atoms. The van der Waals surface area contributed by atoms with E-state index in [2.05, 4.69) is 20.4 Å². The molecule has 3 heterocycles. The minimum atomic E-state index is -0.465. The number of aromatic nitrogens is 4. The summed E-state index contributed by atoms with van der Waals surface area (Å²) >= 11 is 0. The van der Waals surface area contributed by atoms with Crippen LogP contribution in [0.5, 0.6) is 0 Å². The van der Waals surface area contributed by atoms with E-state index >= 15 is 0 Å². The van der Waals surface area contributed by atoms with Gasteiger partial charge >= 0.3 is 0 Å². The number of anilines is 1. The third kappa shape index (κ3) is 2.71. The quantitative estimate of drug-likeness (QED) is 0.611. The van der Waals surface area contributed by atoms with Gasteiger partial charge in [0.2, 0.25) is 0 Å². The summed E-state index contributed by atoms with van der Waals surface area (Å²) < 4.78 is 21.1. The van der Waals surface area contributed by atoms with Crippen molar-refractivity contribution in [1.82, 2.24) is 19.7 Å². The lowest BCUT2D eigenvalue weighted by atomic mass is 10.2. The zero-order valence-electron chi connectivity index (χ0n) is 14.0. The van der Waals surface area contributed by atoms with E-state index in [9.17, 15) is 9.18 Å². The van der Waals surface area contributed by atoms with Crippen LogP contribution in [0.1, 0.15) is 21.9 Å². The first-order valence-corrected chi connectivity index (χ1v) is 7.86. The Morgan fingerprint density at radius 2 is 2.08 bits per heavy atom. The number of hydrogen-bond acceptors (Lipinski definition) is 5. The molecule has 1 aromatic carbocycles. The Morgan fingerprint density at radius 3 is 2.81 bits per heavy atom. The van der Waals surface area contributed by atoms with Crippen LogP contribution in [0.2, 0.25) is 0 Å². The molecule has 0 atom stereocenters. The lowest BCUT2D eigenvalue weighted by molar-refractivity contribution is 0.102. The second-order valence-electron chi connectivity index (χ2n) is 5.81. The minimum absolute atomic E-state index is 0.332. The number of hydrogen-bond donors (Lipinski definition) is 1. The van der Waals surface area contributed by atoms with Crippen molar-refractivity contribution in [3.05, 3.63) is 65.8 Å². The van der Waals surface area contributed by atoms with Gasteiger partial charge in [0.1, 0.15) is 11.6 Å². The van der Waals surface area contributed by atoms with E-state index in [0.717, 1.165) is 0 Å². The fraction of sp³-hybridized carbons (Fsp3) is 0.111. The van der Waals surface area contributed by atoms with Crippen LogP contribution in [0.15, 0.2) is 47.4 Å². The highest BCUT2D eigenvalue weighted by Gasteiger charge is 2.13. The Labute approximate surface area is 147 Å². The molecule has 4 rings (SSSR count). The normalized spacial score (nSPS) is 11.0. The summed E-state index contributed by atoms with van der Waals surface area (Å²) in [6.07, 6.45) is 4.66. The highest BCUT2D eigenvalue weighted by atomic mass is 19.1. The van der Waals surface area contributed by atoms with Crippen molar-refractivity contribution in [2.75, 3.05) is 5.32 Å². The maximum atomic E-state index is 14.4. The fourth-order valence-corrected chi connectivity index (χ4v) is 2.69. The lowest BCUT2D eigenvalue weighted by Crippen LogP contribution is -2.12. The van der Waals surface area contributed by atoms with Crippen molar-refractivity contribution < 1.29 is 13.7 Å². The summed E-state index contributed by atoms with van der Waals surface area (Å²) in [5.41, 5.74) is 2.05. The van der Waals surface area contributed by atoms with Crippen LogP contribution in [0.3, 0.4) is 0 Å². The van der Waals surface area contributed by atoms with Crippen molar-refractivity contribution in [3.8, 4) is 5.69 Å². The van der Waals surface area contributed by atoms with Crippen molar-refractivity contribution in [2.24, 2.45) is 0 Å². The van der Waals surface area contributed by atoms with Gasteiger partial charge in [0.05, 0.1) is 22.3 Å². The fourth-order valence-electron chi connectivity index (χ4n) is 2.69. The Morgan fingerprint density at radius 1 is 1.23 bits per heavy atom. The first-order valence-electron chi connectivity index (χ1n) is 7.86. The summed E-state index contributed by atoms with van der Waals surface area (Å²) in [4.78, 5) is 20.6. The number of amides is 1. The molecular formula is C18H14FN5O2. The first-order chi connectivity index (χ1) is 12.5. The van der Waals surface area contributed by atoms with Gasteiger partial charge in [0, 0.05) is 24.3 Å². The molecule has 0 bridgehead atoms. The van der Waals surface area contributed by atoms with Crippen molar-refractivity contribution >= 4 is 22.7 Å². The highest BCUT2D eigenvalue weighted by molar-refractivity contribution is 6.05. The molecule has 8 heteroatoms. The SMILES string of the molecule is Cc1noc2ncc(C(=O)Nc3ccc(-n4ccnc4C)c(F)c3)cc12. The minimum Gasteiger partial charge on any atom is -0.336 e. The van der Waals surface area contributed by atoms with Gasteiger partial charge < -0.3 is 14.4 Å². The van der Waals surface area contributed by atoms with Gasteiger partial charge in [-0.1, -0.05) is 5.16 Å². The number of nitrogens with zero attached hydrogens (tertiary/aromatic N) is 4. The molecule has 4 aromatic rings. The van der Waals surface area contributed by atoms with E-state index in [0.29, 0.717) is 39.6 Å². The van der Waals surface area contributed by atoms with Crippen molar-refractivity contribution in [1.29, 1.82) is 0 Å². The summed E-state index contributed by atoms with van der Waals surface area (Å²) in [5, 5.41) is 7.14. The molecule has 1 N–H and O–H groups in total. The van der Waals surface area contributed by atoms with E-state index in [1.165, 1.54) is 12.3 Å². The Balaban J connectivity index is 1.60. The monoisotopic (exact) mass is 351 g/mol. The number of imidazole rings is 1. The summed E-state index contributed by atoms with van der Waals surface area (Å²) in [6.45, 7) is 3.55. The average Bonchev–Trinajstić information content (AvgIpc) is 3.21. The smallest absolute Gasteiger partial charge is 0.257 e. The number of rotatable bonds is 3. The molecule has 3 aromatic heterocycles. The predicted molar refractivity (Wildman–Crippen MR) is 92.8 cm³/mol. The maximum absolute atomic E-state index is 14.4. The molecule has 7 nitrogen and oxygen atoms in total. The van der Waals surface area contributed by atoms with Gasteiger partial charge in [-0.2, -0.15) is 0 Å². The van der Waals surface area contributed by atoms with Crippen LogP contribution in [-0.2, 0) is 0 Å². The third-order valence-electron chi connectivity index (χ3n) is 4.06. The second kappa shape index (κ2) is 6.07. The van der Waals surface area contributed by atoms with Crippen LogP contribution in [0.25, 0.3) is 16.8 Å². The Bertz CT molecular complexity index is 1130. The third-order valence-corrected chi connectivity index (χ3v) is 4.06. The number of benzene rings is 1. The molecule has 0 fully saturated rings. The number of aryl methyl sites for hydroxylation is 2. The van der Waals surface area contributed by atoms with E-state index in [1.807, 2.05) is 0 Å². The molecule has 0 radical (unpaired) electrons. The van der Waals surface area contributed by atoms with E-state index < -0.39 is 11.7 Å². The lowest BCUT2D eigenvalue weighted by Gasteiger charge is -2.10. The summed E-state index contributed by atoms with van der Waals surface area (Å²) in [6, 6.07) is 6.13. The molecule has 130 valence electrons. The van der Waals surface area contributed by atoms with Crippen LogP contribution in [-0.4, -0.2) is 25.6 Å². The van der Waals surface area contributed by atoms with Crippen LogP contribution < -0.4 is 5.32 Å². The van der Waals surface area contributed by atoms with Crippen molar-refractivity contribution in [3.63, 3.8) is 0 Å². The largest absolute Gasteiger partial charge is 0.336 e. The molecular weight excluding hydrogens is 337 g/mol. The predicted octanol–water partition coefficient (Wildman–Crippen LogP) is 3.42. The summed E-state index contributed by atoms with van der Waals surface area (Å²) in [5.74, 6) is -0.192. The average molecular weight is 351 g/mol. The highest BCUT2D eigenvalue weighted by Crippen LogP contribution is 2.21. The molecule has 0 aliphatic rings. The first kappa shape index (κ1) is 15.9. The zero-order chi connectivity index (χ0) is 18.3. The topological polar surface area (TPSA) is 85.8 Å². The number of halogens is 1. The van der Waals surface area contributed by atoms with Gasteiger partial charge in [-0.15, -0.1) is 0 Å². The Hall–Kier alpha value is -3.55. The maximum Gasteiger partial charge on any atom is 0.257 e. The number of carbonyl (C=O) groups excluding carboxylic acids is 1. The van der Waals surface area contributed by atoms with Gasteiger partial charge in [0.15, 0.2) is 0 Å². The van der Waals surface area contributed by atoms with Gasteiger partial charge in [-0.05, 0) is 38.1 Å². The number of pyridine rings is 1. The number of carbonyl (C=O) groups is 1. The second-order valence-corrected chi connectivity index (χ2v) is 5.81. The molecule has 0 saturated carbocycles. The van der Waals surface area contributed by atoms with E-state index in [4.69, 9.17) is 4.52 Å². The molecule has 0 spiro atoms. The number of fused-ring (bicyclic) bond motifs is 1. The van der Waals surface area contributed by atoms with Crippen LogP contribution in [0, 0.1) is 19.7 Å². The van der Waals surface area contributed by atoms with Gasteiger partial charge in [-0.3, -0.25) is 4.79 Å². The molecule has 0 unspecified atom stereocenters. The molecule has 1 amide bonds. The molecule has 0 saturated heterocycles. The molecule has 0 aliphatic carbocycles. The van der Waals surface area contributed by atoms with Crippen molar-refractivity contribution in [2.45, 2.75) is 13.8 Å². The number of nitrogens with one attached hydrogen (secondary N) is 1. The van der Waals surface area contributed by atoms with E-state index in [1.54, 1.807) is 49.0 Å². The Kier molecular flexibility index (Phi) is 3.72. The molecule has 0 aliphatic heterocycles. The summed E-state index contributed by atoms with van der Waals surface area (Å²) in [7, 11) is 0. The van der Waals surface area contributed by atoms with Crippen LogP contribution in [0.4, 0.5) is 10.1 Å². The zero-order valence-corrected chi connectivity index (χ0v) is 14.0.